The van der Waals surface area contributed by atoms with Gasteiger partial charge < -0.3 is 4.74 Å². The summed E-state index contributed by atoms with van der Waals surface area (Å²) >= 11 is 3.21. The first-order valence-electron chi connectivity index (χ1n) is 5.55. The highest BCUT2D eigenvalue weighted by atomic mass is 79.9. The summed E-state index contributed by atoms with van der Waals surface area (Å²) in [6.07, 6.45) is 2.02. The highest BCUT2D eigenvalue weighted by molar-refractivity contribution is 9.10. The van der Waals surface area contributed by atoms with Crippen molar-refractivity contribution in [3.8, 4) is 11.6 Å². The zero-order valence-corrected chi connectivity index (χ0v) is 12.0. The van der Waals surface area contributed by atoms with Gasteiger partial charge in [0.25, 0.3) is 0 Å². The van der Waals surface area contributed by atoms with E-state index in [2.05, 4.69) is 20.9 Å². The molecule has 0 spiro atoms. The summed E-state index contributed by atoms with van der Waals surface area (Å²) < 4.78 is 5.97. The lowest BCUT2D eigenvalue weighted by molar-refractivity contribution is -0.385. The number of carbonyl (C=O) groups excluding carboxylic acids is 1. The number of aldehydes is 1. The molecule has 0 amide bonds. The van der Waals surface area contributed by atoms with Crippen LogP contribution in [0.1, 0.15) is 15.9 Å². The molecule has 20 heavy (non-hydrogen) atoms. The highest BCUT2D eigenvalue weighted by Gasteiger charge is 2.19. The maximum absolute atomic E-state index is 11.0. The molecule has 0 radical (unpaired) electrons. The van der Waals surface area contributed by atoms with Gasteiger partial charge in [-0.05, 0) is 35.0 Å². The molecule has 0 unspecified atom stereocenters. The first-order chi connectivity index (χ1) is 9.52. The van der Waals surface area contributed by atoms with E-state index in [9.17, 15) is 14.9 Å². The van der Waals surface area contributed by atoms with Crippen LogP contribution in [-0.4, -0.2) is 16.2 Å². The first kappa shape index (κ1) is 14.1. The second-order valence-electron chi connectivity index (χ2n) is 3.96. The second-order valence-corrected chi connectivity index (χ2v) is 4.81. The van der Waals surface area contributed by atoms with Crippen LogP contribution < -0.4 is 4.74 Å². The molecule has 0 aliphatic heterocycles. The molecule has 0 N–H and O–H groups in total. The molecule has 0 saturated heterocycles. The summed E-state index contributed by atoms with van der Waals surface area (Å²) in [4.78, 5) is 25.1. The number of nitro benzene ring substituents is 1. The Morgan fingerprint density at radius 1 is 1.45 bits per heavy atom. The van der Waals surface area contributed by atoms with Gasteiger partial charge in [-0.3, -0.25) is 14.9 Å². The van der Waals surface area contributed by atoms with Crippen molar-refractivity contribution >= 4 is 27.9 Å². The van der Waals surface area contributed by atoms with Gasteiger partial charge in [-0.1, -0.05) is 6.07 Å². The average Bonchev–Trinajstić information content (AvgIpc) is 2.42. The normalized spacial score (nSPS) is 10.1. The van der Waals surface area contributed by atoms with Gasteiger partial charge >= 0.3 is 5.69 Å². The smallest absolute Gasteiger partial charge is 0.312 e. The molecule has 1 aromatic heterocycles. The number of nitro groups is 1. The van der Waals surface area contributed by atoms with Gasteiger partial charge in [-0.25, -0.2) is 4.98 Å². The quantitative estimate of drug-likeness (QED) is 0.483. The number of hydrogen-bond donors (Lipinski definition) is 0. The minimum absolute atomic E-state index is 0.0759. The van der Waals surface area contributed by atoms with Gasteiger partial charge in [0.2, 0.25) is 11.6 Å². The summed E-state index contributed by atoms with van der Waals surface area (Å²) in [5.41, 5.74) is 0.858. The third kappa shape index (κ3) is 2.83. The molecule has 6 nitrogen and oxygen atoms in total. The minimum atomic E-state index is -0.533. The van der Waals surface area contributed by atoms with Gasteiger partial charge in [0.05, 0.1) is 9.40 Å². The van der Waals surface area contributed by atoms with Crippen LogP contribution in [0.4, 0.5) is 5.69 Å². The monoisotopic (exact) mass is 336 g/mol. The molecule has 2 rings (SSSR count). The summed E-state index contributed by atoms with van der Waals surface area (Å²) in [6.45, 7) is 1.71. The van der Waals surface area contributed by atoms with Crippen molar-refractivity contribution in [2.24, 2.45) is 0 Å². The number of aryl methyl sites for hydroxylation is 1. The Balaban J connectivity index is 2.44. The molecule has 0 fully saturated rings. The highest BCUT2D eigenvalue weighted by Crippen LogP contribution is 2.38. The van der Waals surface area contributed by atoms with Gasteiger partial charge in [-0.2, -0.15) is 0 Å². The lowest BCUT2D eigenvalue weighted by atomic mass is 10.2. The van der Waals surface area contributed by atoms with Crippen molar-refractivity contribution in [2.75, 3.05) is 0 Å². The van der Waals surface area contributed by atoms with Crippen LogP contribution in [0.15, 0.2) is 34.9 Å². The fourth-order valence-electron chi connectivity index (χ4n) is 1.59. The van der Waals surface area contributed by atoms with Gasteiger partial charge in [0.1, 0.15) is 0 Å². The Morgan fingerprint density at radius 2 is 2.20 bits per heavy atom. The van der Waals surface area contributed by atoms with Crippen molar-refractivity contribution in [2.45, 2.75) is 6.92 Å². The minimum Gasteiger partial charge on any atom is -0.430 e. The Kier molecular flexibility index (Phi) is 4.09. The molecule has 0 aliphatic rings. The number of ether oxygens (including phenoxy) is 1. The fourth-order valence-corrected chi connectivity index (χ4v) is 2.03. The van der Waals surface area contributed by atoms with Crippen molar-refractivity contribution in [3.05, 3.63) is 56.2 Å². The van der Waals surface area contributed by atoms with Crippen molar-refractivity contribution in [1.82, 2.24) is 4.98 Å². The predicted molar refractivity (Wildman–Crippen MR) is 75.2 cm³/mol. The lowest BCUT2D eigenvalue weighted by Gasteiger charge is -2.09. The third-order valence-corrected chi connectivity index (χ3v) is 3.15. The molecule has 2 aromatic rings. The maximum atomic E-state index is 11.0. The maximum Gasteiger partial charge on any atom is 0.312 e. The second kappa shape index (κ2) is 5.79. The van der Waals surface area contributed by atoms with E-state index in [0.717, 1.165) is 0 Å². The molecule has 0 atom stereocenters. The molecular weight excluding hydrogens is 328 g/mol. The number of nitrogens with zero attached hydrogens (tertiary/aromatic N) is 2. The zero-order valence-electron chi connectivity index (χ0n) is 10.4. The Hall–Kier alpha value is -2.28. The molecule has 1 heterocycles. The van der Waals surface area contributed by atoms with Crippen LogP contribution >= 0.6 is 15.9 Å². The Bertz CT molecular complexity index is 688. The zero-order chi connectivity index (χ0) is 14.7. The van der Waals surface area contributed by atoms with Crippen LogP contribution in [0, 0.1) is 17.0 Å². The van der Waals surface area contributed by atoms with Crippen LogP contribution in [0.5, 0.6) is 11.6 Å². The number of hydrogen-bond acceptors (Lipinski definition) is 5. The van der Waals surface area contributed by atoms with Crippen LogP contribution in [0.2, 0.25) is 0 Å². The lowest BCUT2D eigenvalue weighted by Crippen LogP contribution is -1.97. The SMILES string of the molecule is Cc1cc(C=O)cnc1Oc1c(Br)cccc1[N+](=O)[O-]. The topological polar surface area (TPSA) is 82.3 Å². The van der Waals surface area contributed by atoms with E-state index in [4.69, 9.17) is 4.74 Å². The van der Waals surface area contributed by atoms with E-state index in [0.29, 0.717) is 21.9 Å². The summed E-state index contributed by atoms with van der Waals surface area (Å²) in [5, 5.41) is 11.0. The van der Waals surface area contributed by atoms with Crippen molar-refractivity contribution in [3.63, 3.8) is 0 Å². The van der Waals surface area contributed by atoms with E-state index >= 15 is 0 Å². The van der Waals surface area contributed by atoms with E-state index in [1.165, 1.54) is 12.3 Å². The predicted octanol–water partition coefficient (Wildman–Crippen LogP) is 3.67. The summed E-state index contributed by atoms with van der Waals surface area (Å²) in [5.74, 6) is 0.289. The van der Waals surface area contributed by atoms with E-state index in [1.807, 2.05) is 0 Å². The van der Waals surface area contributed by atoms with Gasteiger partial charge in [-0.15, -0.1) is 0 Å². The van der Waals surface area contributed by atoms with Crippen LogP contribution in [0.3, 0.4) is 0 Å². The number of para-hydroxylation sites is 1. The molecule has 0 bridgehead atoms. The van der Waals surface area contributed by atoms with Gasteiger partial charge in [0.15, 0.2) is 6.29 Å². The molecule has 0 saturated carbocycles. The first-order valence-corrected chi connectivity index (χ1v) is 6.35. The largest absolute Gasteiger partial charge is 0.430 e. The number of rotatable bonds is 4. The number of halogens is 1. The number of benzene rings is 1. The molecule has 1 aromatic carbocycles. The van der Waals surface area contributed by atoms with Crippen LogP contribution in [-0.2, 0) is 0 Å². The van der Waals surface area contributed by atoms with E-state index < -0.39 is 4.92 Å². The van der Waals surface area contributed by atoms with Crippen LogP contribution in [0.25, 0.3) is 0 Å². The number of pyridine rings is 1. The third-order valence-electron chi connectivity index (χ3n) is 2.53. The van der Waals surface area contributed by atoms with E-state index in [-0.39, 0.29) is 17.3 Å². The van der Waals surface area contributed by atoms with E-state index in [1.54, 1.807) is 25.1 Å². The van der Waals surface area contributed by atoms with Gasteiger partial charge in [0, 0.05) is 23.4 Å². The fraction of sp³-hybridized carbons (Fsp3) is 0.0769. The standard InChI is InChI=1S/C13H9BrN2O4/c1-8-5-9(7-17)6-15-13(8)20-12-10(14)3-2-4-11(12)16(18)19/h2-7H,1H3. The molecular formula is C13H9BrN2O4. The molecule has 7 heteroatoms. The van der Waals surface area contributed by atoms with Crippen molar-refractivity contribution < 1.29 is 14.5 Å². The van der Waals surface area contributed by atoms with Crippen molar-refractivity contribution in [1.29, 1.82) is 0 Å². The molecule has 102 valence electrons. The summed E-state index contributed by atoms with van der Waals surface area (Å²) in [7, 11) is 0. The Labute approximate surface area is 122 Å². The number of aromatic nitrogens is 1. The number of carbonyl (C=O) groups is 1. The average molecular weight is 337 g/mol. The summed E-state index contributed by atoms with van der Waals surface area (Å²) in [6, 6.07) is 6.12. The molecule has 0 aliphatic carbocycles. The Morgan fingerprint density at radius 3 is 2.80 bits per heavy atom.